The van der Waals surface area contributed by atoms with Crippen molar-refractivity contribution < 1.29 is 4.79 Å². The van der Waals surface area contributed by atoms with E-state index in [1.165, 1.54) is 31.3 Å². The summed E-state index contributed by atoms with van der Waals surface area (Å²) in [6.07, 6.45) is 9.04. The van der Waals surface area contributed by atoms with Gasteiger partial charge in [0.15, 0.2) is 17.3 Å². The van der Waals surface area contributed by atoms with Crippen LogP contribution < -0.4 is 5.32 Å². The van der Waals surface area contributed by atoms with E-state index >= 15 is 0 Å². The van der Waals surface area contributed by atoms with Crippen molar-refractivity contribution in [3.8, 4) is 5.82 Å². The number of hydrogen-bond donors (Lipinski definition) is 1. The Hall–Kier alpha value is -3.03. The van der Waals surface area contributed by atoms with Gasteiger partial charge < -0.3 is 5.32 Å². The molecule has 0 aliphatic heterocycles. The molecule has 0 unspecified atom stereocenters. The van der Waals surface area contributed by atoms with Gasteiger partial charge in [0.2, 0.25) is 5.91 Å². The number of hydrogen-bond acceptors (Lipinski definition) is 5. The van der Waals surface area contributed by atoms with Gasteiger partial charge in [0, 0.05) is 25.1 Å². The molecule has 1 aliphatic carbocycles. The third kappa shape index (κ3) is 4.52. The highest BCUT2D eigenvalue weighted by Gasteiger charge is 2.12. The van der Waals surface area contributed by atoms with Gasteiger partial charge in [-0.25, -0.2) is 4.68 Å². The molecule has 29 heavy (non-hydrogen) atoms. The van der Waals surface area contributed by atoms with Crippen molar-refractivity contribution in [2.75, 3.05) is 6.54 Å². The molecule has 3 aromatic rings. The van der Waals surface area contributed by atoms with Crippen LogP contribution in [0.2, 0.25) is 0 Å². The Balaban J connectivity index is 1.37. The van der Waals surface area contributed by atoms with E-state index in [4.69, 9.17) is 0 Å². The van der Waals surface area contributed by atoms with Crippen molar-refractivity contribution in [1.82, 2.24) is 34.9 Å². The molecule has 1 N–H and O–H groups in total. The smallest absolute Gasteiger partial charge is 0.220 e. The number of nitrogens with zero attached hydrogens (tertiary/aromatic N) is 6. The maximum atomic E-state index is 12.2. The first kappa shape index (κ1) is 19.3. The van der Waals surface area contributed by atoms with Crippen LogP contribution in [0, 0.1) is 13.8 Å². The van der Waals surface area contributed by atoms with Crippen LogP contribution in [0.15, 0.2) is 29.8 Å². The Morgan fingerprint density at radius 3 is 2.79 bits per heavy atom. The fourth-order valence-corrected chi connectivity index (χ4v) is 3.76. The molecule has 4 rings (SSSR count). The molecular weight excluding hydrogens is 366 g/mol. The average molecular weight is 393 g/mol. The van der Waals surface area contributed by atoms with Crippen LogP contribution in [-0.2, 0) is 11.2 Å². The van der Waals surface area contributed by atoms with Gasteiger partial charge in [-0.1, -0.05) is 11.6 Å². The number of amides is 1. The van der Waals surface area contributed by atoms with Crippen molar-refractivity contribution in [2.45, 2.75) is 58.8 Å². The molecule has 152 valence electrons. The third-order valence-electron chi connectivity index (χ3n) is 5.27. The van der Waals surface area contributed by atoms with Crippen LogP contribution in [0.1, 0.15) is 55.7 Å². The highest BCUT2D eigenvalue weighted by Crippen LogP contribution is 2.19. The number of aryl methyl sites for hydroxylation is 3. The van der Waals surface area contributed by atoms with Gasteiger partial charge in [-0.3, -0.25) is 4.79 Å². The number of allylic oxidation sites excluding steroid dienone is 1. The van der Waals surface area contributed by atoms with E-state index in [9.17, 15) is 4.79 Å². The fourth-order valence-electron chi connectivity index (χ4n) is 3.76. The van der Waals surface area contributed by atoms with Gasteiger partial charge in [0.05, 0.1) is 5.69 Å². The van der Waals surface area contributed by atoms with Crippen LogP contribution in [0.3, 0.4) is 0 Å². The molecule has 1 amide bonds. The van der Waals surface area contributed by atoms with Crippen LogP contribution >= 0.6 is 0 Å². The Morgan fingerprint density at radius 2 is 2.03 bits per heavy atom. The van der Waals surface area contributed by atoms with Crippen molar-refractivity contribution in [2.24, 2.45) is 0 Å². The number of rotatable bonds is 7. The molecule has 0 saturated carbocycles. The molecule has 0 atom stereocenters. The molecule has 3 aromatic heterocycles. The van der Waals surface area contributed by atoms with E-state index < -0.39 is 0 Å². The number of carbonyl (C=O) groups is 1. The first-order valence-electron chi connectivity index (χ1n) is 10.3. The monoisotopic (exact) mass is 393 g/mol. The molecule has 0 radical (unpaired) electrons. The standard InChI is InChI=1S/C21H27N7O/c1-15-14-16(2)27(25-15)20-9-8-18-23-24-19(28(18)26-20)10-11-21(29)22-13-12-17-6-4-3-5-7-17/h6,8-9,14H,3-5,7,10-13H2,1-2H3,(H,22,29). The van der Waals surface area contributed by atoms with E-state index in [-0.39, 0.29) is 5.91 Å². The average Bonchev–Trinajstić information content (AvgIpc) is 3.28. The number of aromatic nitrogens is 6. The van der Waals surface area contributed by atoms with Crippen LogP contribution in [0.4, 0.5) is 0 Å². The topological polar surface area (TPSA) is 90.0 Å². The van der Waals surface area contributed by atoms with Crippen LogP contribution in [-0.4, -0.2) is 42.0 Å². The minimum absolute atomic E-state index is 0.0351. The summed E-state index contributed by atoms with van der Waals surface area (Å²) >= 11 is 0. The predicted molar refractivity (Wildman–Crippen MR) is 110 cm³/mol. The van der Waals surface area contributed by atoms with E-state index in [2.05, 4.69) is 31.8 Å². The lowest BCUT2D eigenvalue weighted by atomic mass is 9.97. The number of nitrogens with one attached hydrogen (secondary N) is 1. The highest BCUT2D eigenvalue weighted by atomic mass is 16.1. The van der Waals surface area contributed by atoms with Gasteiger partial charge in [-0.15, -0.1) is 15.3 Å². The van der Waals surface area contributed by atoms with Gasteiger partial charge in [0.1, 0.15) is 0 Å². The Bertz CT molecular complexity index is 1050. The van der Waals surface area contributed by atoms with Crippen LogP contribution in [0.25, 0.3) is 11.5 Å². The Morgan fingerprint density at radius 1 is 1.14 bits per heavy atom. The quantitative estimate of drug-likeness (QED) is 0.624. The lowest BCUT2D eigenvalue weighted by molar-refractivity contribution is -0.121. The Labute approximate surface area is 170 Å². The van der Waals surface area contributed by atoms with E-state index in [1.54, 1.807) is 9.20 Å². The van der Waals surface area contributed by atoms with Gasteiger partial charge in [-0.2, -0.15) is 9.61 Å². The van der Waals surface area contributed by atoms with Gasteiger partial charge in [-0.05, 0) is 64.2 Å². The first-order valence-corrected chi connectivity index (χ1v) is 10.3. The molecule has 3 heterocycles. The molecule has 8 nitrogen and oxygen atoms in total. The van der Waals surface area contributed by atoms with Gasteiger partial charge >= 0.3 is 0 Å². The maximum Gasteiger partial charge on any atom is 0.220 e. The minimum Gasteiger partial charge on any atom is -0.356 e. The highest BCUT2D eigenvalue weighted by molar-refractivity contribution is 5.76. The third-order valence-corrected chi connectivity index (χ3v) is 5.27. The summed E-state index contributed by atoms with van der Waals surface area (Å²) in [5, 5.41) is 20.5. The van der Waals surface area contributed by atoms with Crippen molar-refractivity contribution in [3.63, 3.8) is 0 Å². The normalized spacial score (nSPS) is 14.2. The zero-order chi connectivity index (χ0) is 20.2. The molecular formula is C21H27N7O. The molecule has 0 aromatic carbocycles. The van der Waals surface area contributed by atoms with E-state index in [0.717, 1.165) is 17.8 Å². The summed E-state index contributed by atoms with van der Waals surface area (Å²) in [5.74, 6) is 1.41. The van der Waals surface area contributed by atoms with Crippen molar-refractivity contribution in [1.29, 1.82) is 0 Å². The molecule has 0 spiro atoms. The van der Waals surface area contributed by atoms with Gasteiger partial charge in [0.25, 0.3) is 0 Å². The molecule has 0 fully saturated rings. The summed E-state index contributed by atoms with van der Waals surface area (Å²) in [6, 6.07) is 5.75. The SMILES string of the molecule is Cc1cc(C)n(-c2ccc3nnc(CCC(=O)NCCC4=CCCCC4)n3n2)n1. The summed E-state index contributed by atoms with van der Waals surface area (Å²) < 4.78 is 3.50. The molecule has 8 heteroatoms. The predicted octanol–water partition coefficient (Wildman–Crippen LogP) is 2.87. The van der Waals surface area contributed by atoms with E-state index in [0.29, 0.717) is 36.7 Å². The second kappa shape index (κ2) is 8.55. The molecule has 0 saturated heterocycles. The summed E-state index contributed by atoms with van der Waals surface area (Å²) in [7, 11) is 0. The zero-order valence-electron chi connectivity index (χ0n) is 17.1. The van der Waals surface area contributed by atoms with E-state index in [1.807, 2.05) is 32.0 Å². The second-order valence-electron chi connectivity index (χ2n) is 7.62. The minimum atomic E-state index is 0.0351. The molecule has 0 bridgehead atoms. The summed E-state index contributed by atoms with van der Waals surface area (Å²) in [6.45, 7) is 4.65. The zero-order valence-corrected chi connectivity index (χ0v) is 17.1. The molecule has 1 aliphatic rings. The fraction of sp³-hybridized carbons (Fsp3) is 0.476. The number of carbonyl (C=O) groups excluding carboxylic acids is 1. The number of fused-ring (bicyclic) bond motifs is 1. The lowest BCUT2D eigenvalue weighted by Gasteiger charge is -2.12. The second-order valence-corrected chi connectivity index (χ2v) is 7.62. The maximum absolute atomic E-state index is 12.2. The summed E-state index contributed by atoms with van der Waals surface area (Å²) in [5.41, 5.74) is 4.08. The Kier molecular flexibility index (Phi) is 5.69. The largest absolute Gasteiger partial charge is 0.356 e. The lowest BCUT2D eigenvalue weighted by Crippen LogP contribution is -2.25. The first-order chi connectivity index (χ1) is 14.1. The van der Waals surface area contributed by atoms with Crippen molar-refractivity contribution >= 4 is 11.6 Å². The van der Waals surface area contributed by atoms with Crippen LogP contribution in [0.5, 0.6) is 0 Å². The van der Waals surface area contributed by atoms with Crippen molar-refractivity contribution in [3.05, 3.63) is 47.1 Å². The summed E-state index contributed by atoms with van der Waals surface area (Å²) in [4.78, 5) is 12.2.